The first-order valence-corrected chi connectivity index (χ1v) is 12.8. The number of benzene rings is 2. The van der Waals surface area contributed by atoms with Gasteiger partial charge in [-0.1, -0.05) is 23.2 Å². The fourth-order valence-corrected chi connectivity index (χ4v) is 4.36. The van der Waals surface area contributed by atoms with Crippen molar-refractivity contribution < 1.29 is 22.9 Å². The van der Waals surface area contributed by atoms with Gasteiger partial charge >= 0.3 is 0 Å². The normalized spacial score (nSPS) is 11.9. The number of nitrogens with two attached hydrogens (primary N) is 1. The number of hydrogen-bond acceptors (Lipinski definition) is 8. The number of carboxylic acids is 1. The summed E-state index contributed by atoms with van der Waals surface area (Å²) in [4.78, 5) is 11.0. The highest BCUT2D eigenvalue weighted by atomic mass is 35.5. The molecule has 35 heavy (non-hydrogen) atoms. The van der Waals surface area contributed by atoms with Crippen LogP contribution in [0, 0.1) is 0 Å². The Hall–Kier alpha value is -2.28. The molecule has 0 aliphatic carbocycles. The summed E-state index contributed by atoms with van der Waals surface area (Å²) in [6, 6.07) is 10.3. The molecule has 0 aliphatic rings. The quantitative estimate of drug-likeness (QED) is 0.222. The van der Waals surface area contributed by atoms with Crippen LogP contribution in [-0.4, -0.2) is 71.1 Å². The predicted molar refractivity (Wildman–Crippen MR) is 138 cm³/mol. The van der Waals surface area contributed by atoms with Gasteiger partial charge < -0.3 is 14.8 Å². The Bertz CT molecular complexity index is 1130. The molecule has 0 aromatic heterocycles. The number of carbonyl (C=O) groups is 1. The number of likely N-dealkylation sites (N-methyl/N-ethyl adjacent to an activating group) is 2. The standard InChI is InChI=1S/C20H29Cl2N6O2S.C2H4O2/c1-6-27(11-12-28(4,5)23)16-9-7-15(8-10-16)24-25-19-13-18(22)20(14-17(19)21)31(29,30)26(2)3;1-2(3)4/h7-10,13-14H,6,11-12,23H2,1-5H3;1H3,(H,3,4)/q+1;/p-1. The average molecular weight is 548 g/mol. The molecule has 0 aliphatic heterocycles. The number of rotatable bonds is 9. The first kappa shape index (κ1) is 30.8. The number of halogens is 2. The third-order valence-electron chi connectivity index (χ3n) is 4.58. The summed E-state index contributed by atoms with van der Waals surface area (Å²) in [6.45, 7) is 5.57. The second kappa shape index (κ2) is 13.1. The Labute approximate surface area is 217 Å². The molecule has 0 saturated carbocycles. The highest BCUT2D eigenvalue weighted by Crippen LogP contribution is 2.35. The smallest absolute Gasteiger partial charge is 0.244 e. The molecule has 0 radical (unpaired) electrons. The van der Waals surface area contributed by atoms with Crippen LogP contribution < -0.4 is 15.8 Å². The fourth-order valence-electron chi connectivity index (χ4n) is 2.68. The van der Waals surface area contributed by atoms with Crippen LogP contribution >= 0.6 is 23.2 Å². The van der Waals surface area contributed by atoms with Crippen LogP contribution in [0.1, 0.15) is 13.8 Å². The molecule has 2 aromatic carbocycles. The van der Waals surface area contributed by atoms with E-state index >= 15 is 0 Å². The molecule has 0 heterocycles. The Morgan fingerprint density at radius 3 is 2.09 bits per heavy atom. The fraction of sp³-hybridized carbons (Fsp3) is 0.409. The molecule has 2 rings (SSSR count). The van der Waals surface area contributed by atoms with Gasteiger partial charge in [-0.2, -0.15) is 11.0 Å². The van der Waals surface area contributed by atoms with Crippen molar-refractivity contribution in [2.24, 2.45) is 16.1 Å². The van der Waals surface area contributed by atoms with E-state index in [1.54, 1.807) is 0 Å². The van der Waals surface area contributed by atoms with Gasteiger partial charge in [-0.05, 0) is 50.2 Å². The van der Waals surface area contributed by atoms with Gasteiger partial charge in [0.05, 0.1) is 36.4 Å². The van der Waals surface area contributed by atoms with Crippen LogP contribution in [0.4, 0.5) is 17.1 Å². The number of sulfonamides is 1. The zero-order chi connectivity index (χ0) is 27.0. The number of azo groups is 1. The van der Waals surface area contributed by atoms with Gasteiger partial charge in [-0.3, -0.25) is 4.59 Å². The van der Waals surface area contributed by atoms with E-state index in [4.69, 9.17) is 38.9 Å². The molecule has 0 bridgehead atoms. The van der Waals surface area contributed by atoms with Crippen LogP contribution in [0.2, 0.25) is 10.0 Å². The van der Waals surface area contributed by atoms with E-state index in [-0.39, 0.29) is 20.6 Å². The van der Waals surface area contributed by atoms with Crippen molar-refractivity contribution in [3.63, 3.8) is 0 Å². The summed E-state index contributed by atoms with van der Waals surface area (Å²) in [5.41, 5.74) is 1.98. The second-order valence-electron chi connectivity index (χ2n) is 8.31. The lowest BCUT2D eigenvalue weighted by molar-refractivity contribution is -0.900. The minimum atomic E-state index is -3.71. The van der Waals surface area contributed by atoms with Gasteiger partial charge in [0.15, 0.2) is 0 Å². The van der Waals surface area contributed by atoms with E-state index in [1.165, 1.54) is 26.2 Å². The van der Waals surface area contributed by atoms with Crippen LogP contribution in [0.5, 0.6) is 0 Å². The van der Waals surface area contributed by atoms with Crippen molar-refractivity contribution >= 4 is 56.3 Å². The van der Waals surface area contributed by atoms with Crippen molar-refractivity contribution in [2.45, 2.75) is 18.7 Å². The Morgan fingerprint density at radius 2 is 1.63 bits per heavy atom. The van der Waals surface area contributed by atoms with Gasteiger partial charge in [0.1, 0.15) is 17.1 Å². The zero-order valence-electron chi connectivity index (χ0n) is 20.7. The van der Waals surface area contributed by atoms with Gasteiger partial charge in [-0.15, -0.1) is 5.11 Å². The summed E-state index contributed by atoms with van der Waals surface area (Å²) in [5.74, 6) is 4.95. The maximum atomic E-state index is 12.3. The number of carbonyl (C=O) groups excluding carboxylic acids is 1. The van der Waals surface area contributed by atoms with Crippen LogP contribution in [0.3, 0.4) is 0 Å². The summed E-state index contributed by atoms with van der Waals surface area (Å²) in [7, 11) is 3.04. The molecule has 0 atom stereocenters. The Balaban J connectivity index is 0.00000142. The number of quaternary nitrogens is 1. The first-order chi connectivity index (χ1) is 16.1. The minimum Gasteiger partial charge on any atom is -0.550 e. The first-order valence-electron chi connectivity index (χ1n) is 10.6. The summed E-state index contributed by atoms with van der Waals surface area (Å²) in [6.07, 6.45) is 0. The summed E-state index contributed by atoms with van der Waals surface area (Å²) in [5, 5.41) is 17.4. The summed E-state index contributed by atoms with van der Waals surface area (Å²) >= 11 is 12.4. The molecular weight excluding hydrogens is 515 g/mol. The molecule has 2 aromatic rings. The zero-order valence-corrected chi connectivity index (χ0v) is 23.0. The van der Waals surface area contributed by atoms with Crippen molar-refractivity contribution in [1.82, 2.24) is 4.31 Å². The summed E-state index contributed by atoms with van der Waals surface area (Å²) < 4.78 is 26.1. The monoisotopic (exact) mass is 546 g/mol. The molecule has 0 unspecified atom stereocenters. The van der Waals surface area contributed by atoms with E-state index in [2.05, 4.69) is 22.1 Å². The predicted octanol–water partition coefficient (Wildman–Crippen LogP) is 3.19. The number of nitrogens with zero attached hydrogens (tertiary/aromatic N) is 5. The van der Waals surface area contributed by atoms with Crippen molar-refractivity contribution in [3.05, 3.63) is 46.4 Å². The van der Waals surface area contributed by atoms with E-state index in [9.17, 15) is 8.42 Å². The van der Waals surface area contributed by atoms with Gasteiger partial charge in [0.25, 0.3) is 0 Å². The highest BCUT2D eigenvalue weighted by Gasteiger charge is 2.22. The number of anilines is 1. The second-order valence-corrected chi connectivity index (χ2v) is 11.2. The maximum Gasteiger partial charge on any atom is 0.244 e. The molecule has 0 fully saturated rings. The Kier molecular flexibility index (Phi) is 11.5. The van der Waals surface area contributed by atoms with E-state index in [0.29, 0.717) is 10.3 Å². The largest absolute Gasteiger partial charge is 0.550 e. The van der Waals surface area contributed by atoms with Crippen LogP contribution in [0.25, 0.3) is 0 Å². The molecule has 0 spiro atoms. The van der Waals surface area contributed by atoms with E-state index < -0.39 is 16.0 Å². The molecule has 0 amide bonds. The van der Waals surface area contributed by atoms with Gasteiger partial charge in [0.2, 0.25) is 10.0 Å². The average Bonchev–Trinajstić information content (AvgIpc) is 2.74. The van der Waals surface area contributed by atoms with E-state index in [1.807, 2.05) is 38.4 Å². The van der Waals surface area contributed by atoms with Crippen LogP contribution in [0.15, 0.2) is 51.5 Å². The molecule has 13 heteroatoms. The Morgan fingerprint density at radius 1 is 1.09 bits per heavy atom. The van der Waals surface area contributed by atoms with E-state index in [0.717, 1.165) is 36.6 Å². The third-order valence-corrected chi connectivity index (χ3v) is 7.16. The molecule has 10 nitrogen and oxygen atoms in total. The lowest BCUT2D eigenvalue weighted by Crippen LogP contribution is -2.51. The van der Waals surface area contributed by atoms with Crippen molar-refractivity contribution in [2.75, 3.05) is 52.7 Å². The topological polar surface area (TPSA) is 131 Å². The number of aliphatic carboxylic acids is 1. The number of carboxylic acid groups (broad SMARTS) is 1. The molecule has 2 N–H and O–H groups in total. The number of hydrogen-bond donors (Lipinski definition) is 1. The van der Waals surface area contributed by atoms with Crippen LogP contribution in [-0.2, 0) is 14.8 Å². The maximum absolute atomic E-state index is 12.3. The minimum absolute atomic E-state index is 0.0298. The van der Waals surface area contributed by atoms with Crippen molar-refractivity contribution in [3.8, 4) is 0 Å². The lowest BCUT2D eigenvalue weighted by atomic mass is 10.2. The molecule has 0 saturated heterocycles. The van der Waals surface area contributed by atoms with Gasteiger partial charge in [0, 0.05) is 32.3 Å². The SMILES string of the molecule is CC(=O)[O-].CCN(CC[N+](C)(C)N)c1ccc(N=Nc2cc(Cl)c(S(=O)(=O)N(C)C)cc2Cl)cc1. The highest BCUT2D eigenvalue weighted by molar-refractivity contribution is 7.89. The molecule has 194 valence electrons. The van der Waals surface area contributed by atoms with Crippen molar-refractivity contribution in [1.29, 1.82) is 0 Å². The third kappa shape index (κ3) is 10.1. The van der Waals surface area contributed by atoms with Gasteiger partial charge in [-0.25, -0.2) is 12.7 Å². The molecular formula is C22H32Cl2N6O4S. The lowest BCUT2D eigenvalue weighted by Gasteiger charge is -2.28.